The third kappa shape index (κ3) is 13.6. The molecule has 48 heavy (non-hydrogen) atoms. The van der Waals surface area contributed by atoms with Crippen molar-refractivity contribution >= 4 is 46.3 Å². The van der Waals surface area contributed by atoms with E-state index < -0.39 is 59.7 Å². The van der Waals surface area contributed by atoms with E-state index in [1.807, 2.05) is 70.2 Å². The standard InChI is InChI=1S/C34H53N9O5/c1-19(2)15-26(31(46)40-25(29(36)44)11-8-14-39-34(37)38)42-32(47)27(16-20(3)4)43-33(48)28(41-30(45)21(5)35)18-22-12-13-23-9-6-7-10-24(23)17-22/h6-7,9-10,12-13,17,19-21,25-28H,8,11,14-16,18,35H2,1-5H3,(H2,36,44)(H,40,46)(H,41,45)(H,42,47)(H,43,48)(H4,37,38,39)/t21-,25-,26-,27-,28-/m0/s1. The van der Waals surface area contributed by atoms with Crippen LogP contribution in [0.25, 0.3) is 10.8 Å². The van der Waals surface area contributed by atoms with Gasteiger partial charge in [-0.05, 0) is 60.8 Å². The van der Waals surface area contributed by atoms with Gasteiger partial charge in [0.1, 0.15) is 24.2 Å². The van der Waals surface area contributed by atoms with Crippen LogP contribution in [-0.4, -0.2) is 72.2 Å². The fraction of sp³-hybridized carbons (Fsp3) is 0.529. The summed E-state index contributed by atoms with van der Waals surface area (Å²) in [5.41, 5.74) is 22.8. The summed E-state index contributed by atoms with van der Waals surface area (Å²) in [6.45, 7) is 9.33. The van der Waals surface area contributed by atoms with E-state index in [1.165, 1.54) is 6.92 Å². The maximum atomic E-state index is 13.7. The molecule has 0 radical (unpaired) electrons. The number of aliphatic imine (C=N–C) groups is 1. The molecule has 0 spiro atoms. The van der Waals surface area contributed by atoms with Crippen molar-refractivity contribution in [3.05, 3.63) is 48.0 Å². The molecule has 264 valence electrons. The number of nitrogens with zero attached hydrogens (tertiary/aromatic N) is 1. The molecular formula is C34H53N9O5. The Hall–Kier alpha value is -4.72. The average Bonchev–Trinajstić information content (AvgIpc) is 3.00. The number of hydrogen-bond acceptors (Lipinski definition) is 7. The first-order chi connectivity index (χ1) is 22.6. The molecule has 5 atom stereocenters. The first kappa shape index (κ1) is 39.5. The summed E-state index contributed by atoms with van der Waals surface area (Å²) in [5, 5.41) is 12.9. The van der Waals surface area contributed by atoms with Crippen LogP contribution >= 0.6 is 0 Å². The fourth-order valence-electron chi connectivity index (χ4n) is 5.13. The van der Waals surface area contributed by atoms with Crippen LogP contribution in [0.2, 0.25) is 0 Å². The molecule has 0 heterocycles. The lowest BCUT2D eigenvalue weighted by Gasteiger charge is -2.28. The lowest BCUT2D eigenvalue weighted by molar-refractivity contribution is -0.135. The number of rotatable bonds is 19. The zero-order valence-corrected chi connectivity index (χ0v) is 28.6. The van der Waals surface area contributed by atoms with Crippen LogP contribution in [0.4, 0.5) is 0 Å². The van der Waals surface area contributed by atoms with Gasteiger partial charge in [-0.1, -0.05) is 70.2 Å². The highest BCUT2D eigenvalue weighted by Crippen LogP contribution is 2.17. The Balaban J connectivity index is 2.26. The normalized spacial score (nSPS) is 14.3. The van der Waals surface area contributed by atoms with Crippen molar-refractivity contribution in [2.75, 3.05) is 6.54 Å². The first-order valence-electron chi connectivity index (χ1n) is 16.4. The number of primary amides is 1. The Labute approximate surface area is 282 Å². The van der Waals surface area contributed by atoms with Gasteiger partial charge in [-0.15, -0.1) is 0 Å². The zero-order valence-electron chi connectivity index (χ0n) is 28.6. The summed E-state index contributed by atoms with van der Waals surface area (Å²) < 4.78 is 0. The molecule has 14 nitrogen and oxygen atoms in total. The molecule has 0 unspecified atom stereocenters. The molecule has 0 bridgehead atoms. The van der Waals surface area contributed by atoms with E-state index in [9.17, 15) is 24.0 Å². The van der Waals surface area contributed by atoms with Crippen LogP contribution in [-0.2, 0) is 30.4 Å². The largest absolute Gasteiger partial charge is 0.370 e. The highest BCUT2D eigenvalue weighted by Gasteiger charge is 2.32. The van der Waals surface area contributed by atoms with Gasteiger partial charge >= 0.3 is 0 Å². The lowest BCUT2D eigenvalue weighted by Crippen LogP contribution is -2.59. The number of guanidine groups is 1. The average molecular weight is 668 g/mol. The first-order valence-corrected chi connectivity index (χ1v) is 16.4. The van der Waals surface area contributed by atoms with E-state index in [1.54, 1.807) is 0 Å². The number of nitrogens with two attached hydrogens (primary N) is 4. The minimum atomic E-state index is -1.03. The summed E-state index contributed by atoms with van der Waals surface area (Å²) >= 11 is 0. The van der Waals surface area contributed by atoms with E-state index in [0.717, 1.165) is 16.3 Å². The predicted molar refractivity (Wildman–Crippen MR) is 187 cm³/mol. The van der Waals surface area contributed by atoms with Crippen LogP contribution in [0.15, 0.2) is 47.5 Å². The molecule has 0 saturated carbocycles. The fourth-order valence-corrected chi connectivity index (χ4v) is 5.13. The number of amides is 5. The lowest BCUT2D eigenvalue weighted by atomic mass is 9.98. The van der Waals surface area contributed by atoms with Crippen molar-refractivity contribution in [1.82, 2.24) is 21.3 Å². The third-order valence-electron chi connectivity index (χ3n) is 7.59. The summed E-state index contributed by atoms with van der Waals surface area (Å²) in [4.78, 5) is 69.5. The van der Waals surface area contributed by atoms with Gasteiger partial charge in [-0.25, -0.2) is 0 Å². The van der Waals surface area contributed by atoms with Crippen LogP contribution < -0.4 is 44.2 Å². The molecule has 0 fully saturated rings. The minimum Gasteiger partial charge on any atom is -0.370 e. The molecule has 12 N–H and O–H groups in total. The monoisotopic (exact) mass is 667 g/mol. The molecule has 14 heteroatoms. The van der Waals surface area contributed by atoms with Crippen LogP contribution in [0, 0.1) is 11.8 Å². The zero-order chi connectivity index (χ0) is 36.0. The van der Waals surface area contributed by atoms with Gasteiger partial charge < -0.3 is 44.2 Å². The van der Waals surface area contributed by atoms with Gasteiger partial charge in [0.05, 0.1) is 6.04 Å². The second-order valence-electron chi connectivity index (χ2n) is 13.0. The maximum Gasteiger partial charge on any atom is 0.243 e. The molecule has 0 aliphatic rings. The summed E-state index contributed by atoms with van der Waals surface area (Å²) in [5.74, 6) is -3.10. The summed E-state index contributed by atoms with van der Waals surface area (Å²) in [6, 6.07) is 8.61. The van der Waals surface area contributed by atoms with E-state index in [0.29, 0.717) is 6.42 Å². The van der Waals surface area contributed by atoms with Crippen molar-refractivity contribution in [2.24, 2.45) is 39.8 Å². The quantitative estimate of drug-likeness (QED) is 0.0586. The highest BCUT2D eigenvalue weighted by molar-refractivity contribution is 5.96. The van der Waals surface area contributed by atoms with E-state index in [-0.39, 0.29) is 50.0 Å². The maximum absolute atomic E-state index is 13.7. The number of fused-ring (bicyclic) bond motifs is 1. The second kappa shape index (κ2) is 19.2. The molecule has 2 aromatic rings. The summed E-state index contributed by atoms with van der Waals surface area (Å²) in [6.07, 6.45) is 1.25. The van der Waals surface area contributed by atoms with E-state index in [4.69, 9.17) is 22.9 Å². The Kier molecular flexibility index (Phi) is 15.8. The highest BCUT2D eigenvalue weighted by atomic mass is 16.2. The number of carbonyl (C=O) groups excluding carboxylic acids is 5. The molecule has 0 aromatic heterocycles. The van der Waals surface area contributed by atoms with Gasteiger partial charge in [-0.2, -0.15) is 0 Å². The van der Waals surface area contributed by atoms with Gasteiger partial charge in [0.25, 0.3) is 0 Å². The van der Waals surface area contributed by atoms with Crippen molar-refractivity contribution in [2.45, 2.75) is 96.9 Å². The van der Waals surface area contributed by atoms with Crippen LogP contribution in [0.5, 0.6) is 0 Å². The van der Waals surface area contributed by atoms with E-state index >= 15 is 0 Å². The van der Waals surface area contributed by atoms with Crippen LogP contribution in [0.3, 0.4) is 0 Å². The smallest absolute Gasteiger partial charge is 0.243 e. The van der Waals surface area contributed by atoms with Crippen molar-refractivity contribution in [1.29, 1.82) is 0 Å². The molecule has 5 amide bonds. The SMILES string of the molecule is CC(C)C[C@H](NC(=O)[C@H](CC(C)C)NC(=O)[C@H](Cc1ccc2ccccc2c1)NC(=O)[C@H](C)N)C(=O)N[C@@H](CCCN=C(N)N)C(N)=O. The number of nitrogens with one attached hydrogen (secondary N) is 4. The Bertz CT molecular complexity index is 1440. The van der Waals surface area contributed by atoms with Crippen molar-refractivity contribution in [3.63, 3.8) is 0 Å². The summed E-state index contributed by atoms with van der Waals surface area (Å²) in [7, 11) is 0. The third-order valence-corrected chi connectivity index (χ3v) is 7.59. The molecule has 2 rings (SSSR count). The van der Waals surface area contributed by atoms with Crippen LogP contribution in [0.1, 0.15) is 65.9 Å². The second-order valence-corrected chi connectivity index (χ2v) is 13.0. The number of carbonyl (C=O) groups is 5. The van der Waals surface area contributed by atoms with E-state index in [2.05, 4.69) is 26.3 Å². The number of benzene rings is 2. The predicted octanol–water partition coefficient (Wildman–Crippen LogP) is 0.300. The molecule has 2 aromatic carbocycles. The molecule has 0 aliphatic heterocycles. The van der Waals surface area contributed by atoms with Crippen molar-refractivity contribution < 1.29 is 24.0 Å². The molecular weight excluding hydrogens is 614 g/mol. The topological polar surface area (TPSA) is 250 Å². The van der Waals surface area contributed by atoms with Gasteiger partial charge in [-0.3, -0.25) is 29.0 Å². The minimum absolute atomic E-state index is 0.00659. The Morgan fingerprint density at radius 3 is 1.67 bits per heavy atom. The number of hydrogen-bond donors (Lipinski definition) is 8. The van der Waals surface area contributed by atoms with Gasteiger partial charge in [0.15, 0.2) is 5.96 Å². The van der Waals surface area contributed by atoms with Gasteiger partial charge in [0, 0.05) is 13.0 Å². The van der Waals surface area contributed by atoms with Gasteiger partial charge in [0.2, 0.25) is 29.5 Å². The molecule has 0 aliphatic carbocycles. The van der Waals surface area contributed by atoms with Crippen molar-refractivity contribution in [3.8, 4) is 0 Å². The molecule has 0 saturated heterocycles. The Morgan fingerprint density at radius 1 is 0.667 bits per heavy atom. The Morgan fingerprint density at radius 2 is 1.17 bits per heavy atom.